The molecule has 202 valence electrons. The number of amides is 3. The number of urea groups is 1. The Hall–Kier alpha value is -2.20. The van der Waals surface area contributed by atoms with Crippen LogP contribution in [0.15, 0.2) is 0 Å². The van der Waals surface area contributed by atoms with E-state index in [4.69, 9.17) is 0 Å². The Bertz CT molecular complexity index is 808. The van der Waals surface area contributed by atoms with Crippen LogP contribution in [-0.2, 0) is 14.4 Å². The summed E-state index contributed by atoms with van der Waals surface area (Å²) in [5.74, 6) is -0.645. The lowest BCUT2D eigenvalue weighted by Crippen LogP contribution is -2.56. The van der Waals surface area contributed by atoms with E-state index in [-0.39, 0.29) is 30.1 Å². The molecule has 1 saturated heterocycles. The summed E-state index contributed by atoms with van der Waals surface area (Å²) in [6.45, 7) is 0.200. The lowest BCUT2D eigenvalue weighted by atomic mass is 9.81. The molecule has 0 radical (unpaired) electrons. The van der Waals surface area contributed by atoms with Crippen LogP contribution in [0.3, 0.4) is 0 Å². The number of aliphatic hydroxyl groups excluding tert-OH is 1. The van der Waals surface area contributed by atoms with Crippen molar-refractivity contribution in [2.45, 2.75) is 108 Å². The Labute approximate surface area is 212 Å². The number of hydrogen-bond acceptors (Lipinski definition) is 6. The first kappa shape index (κ1) is 26.9. The highest BCUT2D eigenvalue weighted by Gasteiger charge is 2.40. The number of ketones is 1. The summed E-state index contributed by atoms with van der Waals surface area (Å²) < 4.78 is 0. The highest BCUT2D eigenvalue weighted by Crippen LogP contribution is 2.35. The largest absolute Gasteiger partial charge is 0.480 e. The number of likely N-dealkylation sites (tertiary alicyclic amines) is 1. The Morgan fingerprint density at radius 1 is 0.889 bits per heavy atom. The van der Waals surface area contributed by atoms with Crippen LogP contribution in [0.4, 0.5) is 4.79 Å². The number of nitrogens with one attached hydrogen (secondary N) is 3. The lowest BCUT2D eigenvalue weighted by molar-refractivity contribution is -0.142. The molecule has 10 nitrogen and oxygen atoms in total. The number of carboxylic acid groups (broad SMARTS) is 1. The van der Waals surface area contributed by atoms with Crippen LogP contribution in [-0.4, -0.2) is 76.2 Å². The molecule has 0 aromatic rings. The van der Waals surface area contributed by atoms with E-state index in [9.17, 15) is 29.4 Å². The third kappa shape index (κ3) is 6.97. The molecular formula is C26H42N4O6. The molecule has 0 aromatic heterocycles. The summed E-state index contributed by atoms with van der Waals surface area (Å²) >= 11 is 0. The number of carbonyl (C=O) groups is 4. The first-order valence-electron chi connectivity index (χ1n) is 13.9. The highest BCUT2D eigenvalue weighted by atomic mass is 16.4. The van der Waals surface area contributed by atoms with Crippen molar-refractivity contribution in [1.82, 2.24) is 20.9 Å². The van der Waals surface area contributed by atoms with Gasteiger partial charge in [-0.1, -0.05) is 38.5 Å². The van der Waals surface area contributed by atoms with Crippen LogP contribution in [0.25, 0.3) is 0 Å². The predicted octanol–water partition coefficient (Wildman–Crippen LogP) is 1.76. The van der Waals surface area contributed by atoms with Crippen molar-refractivity contribution in [2.24, 2.45) is 17.8 Å². The topological polar surface area (TPSA) is 148 Å². The smallest absolute Gasteiger partial charge is 0.320 e. The van der Waals surface area contributed by atoms with E-state index < -0.39 is 36.4 Å². The highest BCUT2D eigenvalue weighted by molar-refractivity contribution is 5.92. The first-order valence-corrected chi connectivity index (χ1v) is 13.9. The van der Waals surface area contributed by atoms with E-state index in [1.807, 2.05) is 0 Å². The summed E-state index contributed by atoms with van der Waals surface area (Å²) in [7, 11) is 0. The second-order valence-corrected chi connectivity index (χ2v) is 11.2. The summed E-state index contributed by atoms with van der Waals surface area (Å²) in [6, 6.07) is -2.42. The van der Waals surface area contributed by atoms with Gasteiger partial charge in [-0.15, -0.1) is 0 Å². The first-order chi connectivity index (χ1) is 17.3. The van der Waals surface area contributed by atoms with Crippen LogP contribution in [0.1, 0.15) is 83.5 Å². The van der Waals surface area contributed by atoms with Gasteiger partial charge in [0, 0.05) is 12.5 Å². The molecule has 3 amide bonds. The molecule has 1 heterocycles. The maximum atomic E-state index is 12.9. The van der Waals surface area contributed by atoms with Crippen molar-refractivity contribution in [3.63, 3.8) is 0 Å². The number of aliphatic hydroxyl groups is 1. The summed E-state index contributed by atoms with van der Waals surface area (Å²) in [4.78, 5) is 51.6. The number of aliphatic carboxylic acids is 1. The number of Topliss-reactive ketones (excluding diaryl/α,β-unsaturated/α-hetero) is 1. The fraction of sp³-hybridized carbons (Fsp3) is 0.846. The molecule has 5 N–H and O–H groups in total. The molecule has 3 aliphatic carbocycles. The Morgan fingerprint density at radius 2 is 1.61 bits per heavy atom. The van der Waals surface area contributed by atoms with Crippen molar-refractivity contribution in [1.29, 1.82) is 0 Å². The van der Waals surface area contributed by atoms with Crippen LogP contribution in [0, 0.1) is 17.8 Å². The number of rotatable bonds is 12. The summed E-state index contributed by atoms with van der Waals surface area (Å²) in [5, 5.41) is 28.6. The molecule has 4 rings (SSSR count). The Morgan fingerprint density at radius 3 is 2.22 bits per heavy atom. The third-order valence-electron chi connectivity index (χ3n) is 8.54. The van der Waals surface area contributed by atoms with Crippen LogP contribution in [0.2, 0.25) is 0 Å². The van der Waals surface area contributed by atoms with Crippen LogP contribution in [0.5, 0.6) is 0 Å². The zero-order chi connectivity index (χ0) is 25.7. The second kappa shape index (κ2) is 12.4. The van der Waals surface area contributed by atoms with Crippen molar-refractivity contribution >= 4 is 23.7 Å². The van der Waals surface area contributed by atoms with Gasteiger partial charge in [0.25, 0.3) is 0 Å². The van der Waals surface area contributed by atoms with Gasteiger partial charge < -0.3 is 25.7 Å². The van der Waals surface area contributed by atoms with E-state index in [2.05, 4.69) is 16.0 Å². The average Bonchev–Trinajstić information content (AvgIpc) is 3.58. The number of carbonyl (C=O) groups excluding carboxylic acids is 3. The monoisotopic (exact) mass is 506 g/mol. The Kier molecular flexibility index (Phi) is 9.22. The van der Waals surface area contributed by atoms with Gasteiger partial charge in [0.1, 0.15) is 12.3 Å². The number of hydrogen-bond donors (Lipinski definition) is 5. The zero-order valence-corrected chi connectivity index (χ0v) is 21.1. The summed E-state index contributed by atoms with van der Waals surface area (Å²) in [5.41, 5.74) is 0. The standard InChI is InChI=1S/C26H42N4O6/c31-21(15-27-26(36)29-22(23(32)18-11-12-18)17-8-2-1-3-9-17)30-13-5-10-20(30)24(33)28-19(25(34)35)14-16-6-4-7-16/h16-20,22,24,28,33H,1-15H2,(H,34,35)(H2,27,29,36)/t19-,20-,22-,24?/m0/s1. The molecule has 36 heavy (non-hydrogen) atoms. The molecular weight excluding hydrogens is 464 g/mol. The molecule has 0 spiro atoms. The maximum Gasteiger partial charge on any atom is 0.320 e. The fourth-order valence-corrected chi connectivity index (χ4v) is 6.01. The van der Waals surface area contributed by atoms with Crippen LogP contribution < -0.4 is 16.0 Å². The van der Waals surface area contributed by atoms with E-state index in [0.29, 0.717) is 31.7 Å². The van der Waals surface area contributed by atoms with Crippen molar-refractivity contribution in [3.05, 3.63) is 0 Å². The molecule has 0 bridgehead atoms. The Balaban J connectivity index is 1.27. The molecule has 10 heteroatoms. The molecule has 3 saturated carbocycles. The maximum absolute atomic E-state index is 12.9. The fourth-order valence-electron chi connectivity index (χ4n) is 6.01. The molecule has 4 atom stereocenters. The SMILES string of the molecule is O=C(NCC(=O)N1CCC[C@H]1C(O)N[C@@H](CC1CCC1)C(=O)O)N[C@H](C(=O)C1CC1)C1CCCCC1. The molecule has 4 aliphatic rings. The minimum absolute atomic E-state index is 0.0529. The molecule has 1 unspecified atom stereocenters. The van der Waals surface area contributed by atoms with Gasteiger partial charge in [-0.3, -0.25) is 19.7 Å². The number of nitrogens with zero attached hydrogens (tertiary/aromatic N) is 1. The quantitative estimate of drug-likeness (QED) is 0.253. The van der Waals surface area contributed by atoms with Crippen molar-refractivity contribution in [3.8, 4) is 0 Å². The summed E-state index contributed by atoms with van der Waals surface area (Å²) in [6.07, 6.45) is 10.6. The van der Waals surface area contributed by atoms with Crippen molar-refractivity contribution in [2.75, 3.05) is 13.1 Å². The van der Waals surface area contributed by atoms with Crippen molar-refractivity contribution < 1.29 is 29.4 Å². The average molecular weight is 507 g/mol. The van der Waals surface area contributed by atoms with Gasteiger partial charge in [-0.25, -0.2) is 4.79 Å². The predicted molar refractivity (Wildman–Crippen MR) is 132 cm³/mol. The molecule has 4 fully saturated rings. The van der Waals surface area contributed by atoms with Gasteiger partial charge in [0.15, 0.2) is 5.78 Å². The second-order valence-electron chi connectivity index (χ2n) is 11.2. The molecule has 1 aliphatic heterocycles. The van der Waals surface area contributed by atoms with Gasteiger partial charge in [-0.05, 0) is 56.8 Å². The normalized spacial score (nSPS) is 25.5. The number of carboxylic acids is 1. The van der Waals surface area contributed by atoms with E-state index in [1.165, 1.54) is 4.90 Å². The lowest BCUT2D eigenvalue weighted by Gasteiger charge is -2.33. The minimum atomic E-state index is -1.15. The zero-order valence-electron chi connectivity index (χ0n) is 21.1. The minimum Gasteiger partial charge on any atom is -0.480 e. The van der Waals surface area contributed by atoms with Gasteiger partial charge in [0.2, 0.25) is 5.91 Å². The van der Waals surface area contributed by atoms with E-state index in [1.54, 1.807) is 0 Å². The van der Waals surface area contributed by atoms with Gasteiger partial charge in [-0.2, -0.15) is 0 Å². The van der Waals surface area contributed by atoms with E-state index in [0.717, 1.165) is 64.2 Å². The van der Waals surface area contributed by atoms with Crippen LogP contribution >= 0.6 is 0 Å². The molecule has 0 aromatic carbocycles. The third-order valence-corrected chi connectivity index (χ3v) is 8.54. The van der Waals surface area contributed by atoms with Gasteiger partial charge >= 0.3 is 12.0 Å². The van der Waals surface area contributed by atoms with Gasteiger partial charge in [0.05, 0.1) is 18.6 Å². The van der Waals surface area contributed by atoms with E-state index >= 15 is 0 Å².